The molecule has 1 aromatic rings. The van der Waals surface area contributed by atoms with Crippen LogP contribution in [0.5, 0.6) is 0 Å². The largest absolute Gasteiger partial charge is 0.395 e. The van der Waals surface area contributed by atoms with Gasteiger partial charge in [-0.1, -0.05) is 12.1 Å². The highest BCUT2D eigenvalue weighted by molar-refractivity contribution is 14.1. The van der Waals surface area contributed by atoms with Crippen molar-refractivity contribution in [3.05, 3.63) is 29.8 Å². The van der Waals surface area contributed by atoms with Crippen molar-refractivity contribution in [3.8, 4) is 0 Å². The first-order chi connectivity index (χ1) is 8.20. The van der Waals surface area contributed by atoms with Gasteiger partial charge in [0.1, 0.15) is 0 Å². The lowest BCUT2D eigenvalue weighted by Crippen LogP contribution is -2.41. The molecule has 4 heteroatoms. The SMILES string of the molecule is CSc1ccc(C2(CO)CCN(I)CC2)cc1. The minimum atomic E-state index is -0.0153. The molecule has 1 aliphatic heterocycles. The van der Waals surface area contributed by atoms with Crippen molar-refractivity contribution < 1.29 is 5.11 Å². The number of halogens is 1. The van der Waals surface area contributed by atoms with E-state index in [2.05, 4.69) is 56.5 Å². The predicted molar refractivity (Wildman–Crippen MR) is 81.8 cm³/mol. The summed E-state index contributed by atoms with van der Waals surface area (Å²) in [7, 11) is 0. The van der Waals surface area contributed by atoms with E-state index in [0.29, 0.717) is 0 Å². The van der Waals surface area contributed by atoms with Crippen LogP contribution in [-0.4, -0.2) is 34.2 Å². The van der Waals surface area contributed by atoms with Gasteiger partial charge in [-0.15, -0.1) is 11.8 Å². The molecule has 1 fully saturated rings. The molecule has 1 aliphatic rings. The Labute approximate surface area is 121 Å². The van der Waals surface area contributed by atoms with Crippen LogP contribution < -0.4 is 0 Å². The second kappa shape index (κ2) is 5.91. The van der Waals surface area contributed by atoms with Gasteiger partial charge in [-0.25, -0.2) is 3.11 Å². The third-order valence-electron chi connectivity index (χ3n) is 3.67. The quantitative estimate of drug-likeness (QED) is 0.507. The Bertz CT molecular complexity index is 360. The van der Waals surface area contributed by atoms with E-state index in [1.54, 1.807) is 11.8 Å². The molecule has 0 amide bonds. The standard InChI is InChI=1S/C13H18INOS/c1-17-12-4-2-11(3-5-12)13(10-16)6-8-15(14)9-7-13/h2-5,16H,6-10H2,1H3. The molecular formula is C13H18INOS. The van der Waals surface area contributed by atoms with E-state index in [9.17, 15) is 5.11 Å². The Hall–Kier alpha value is 0.220. The number of nitrogens with zero attached hydrogens (tertiary/aromatic N) is 1. The van der Waals surface area contributed by atoms with E-state index in [1.807, 2.05) is 0 Å². The molecule has 0 aromatic heterocycles. The molecule has 2 rings (SSSR count). The zero-order valence-electron chi connectivity index (χ0n) is 10.0. The Morgan fingerprint density at radius 2 is 1.88 bits per heavy atom. The summed E-state index contributed by atoms with van der Waals surface area (Å²) in [6.07, 6.45) is 4.18. The highest BCUT2D eigenvalue weighted by Gasteiger charge is 2.35. The molecule has 0 aliphatic carbocycles. The van der Waals surface area contributed by atoms with E-state index in [-0.39, 0.29) is 12.0 Å². The summed E-state index contributed by atoms with van der Waals surface area (Å²) >= 11 is 4.13. The van der Waals surface area contributed by atoms with Gasteiger partial charge in [-0.05, 0) is 36.8 Å². The molecule has 1 aromatic carbocycles. The van der Waals surface area contributed by atoms with Gasteiger partial charge in [0.05, 0.1) is 6.61 Å². The van der Waals surface area contributed by atoms with E-state index in [4.69, 9.17) is 0 Å². The van der Waals surface area contributed by atoms with Gasteiger partial charge in [-0.3, -0.25) is 0 Å². The number of aliphatic hydroxyl groups is 1. The molecule has 0 spiro atoms. The van der Waals surface area contributed by atoms with Crippen molar-refractivity contribution in [2.75, 3.05) is 26.0 Å². The summed E-state index contributed by atoms with van der Waals surface area (Å²) in [5.74, 6) is 0. The number of rotatable bonds is 3. The van der Waals surface area contributed by atoms with Gasteiger partial charge in [0.25, 0.3) is 0 Å². The maximum atomic E-state index is 9.78. The zero-order valence-corrected chi connectivity index (χ0v) is 13.0. The van der Waals surface area contributed by atoms with Gasteiger partial charge in [0.15, 0.2) is 0 Å². The summed E-state index contributed by atoms with van der Waals surface area (Å²) in [4.78, 5) is 1.29. The van der Waals surface area contributed by atoms with E-state index in [0.717, 1.165) is 25.9 Å². The Kier molecular flexibility index (Phi) is 4.74. The second-order valence-corrected chi connectivity index (χ2v) is 6.82. The van der Waals surface area contributed by atoms with Gasteiger partial charge < -0.3 is 5.11 Å². The smallest absolute Gasteiger partial charge is 0.0528 e. The van der Waals surface area contributed by atoms with Crippen molar-refractivity contribution >= 4 is 34.6 Å². The lowest BCUT2D eigenvalue weighted by atomic mass is 9.74. The van der Waals surface area contributed by atoms with Gasteiger partial charge in [-0.2, -0.15) is 0 Å². The topological polar surface area (TPSA) is 23.5 Å². The average molecular weight is 363 g/mol. The van der Waals surface area contributed by atoms with Crippen molar-refractivity contribution in [3.63, 3.8) is 0 Å². The molecule has 0 bridgehead atoms. The maximum absolute atomic E-state index is 9.78. The van der Waals surface area contributed by atoms with Crippen molar-refractivity contribution in [1.29, 1.82) is 0 Å². The highest BCUT2D eigenvalue weighted by Crippen LogP contribution is 2.36. The summed E-state index contributed by atoms with van der Waals surface area (Å²) in [6, 6.07) is 8.69. The van der Waals surface area contributed by atoms with Gasteiger partial charge >= 0.3 is 0 Å². The lowest BCUT2D eigenvalue weighted by molar-refractivity contribution is 0.142. The first-order valence-electron chi connectivity index (χ1n) is 5.86. The van der Waals surface area contributed by atoms with Crippen molar-refractivity contribution in [2.24, 2.45) is 0 Å². The fraction of sp³-hybridized carbons (Fsp3) is 0.538. The van der Waals surface area contributed by atoms with Crippen LogP contribution in [0.1, 0.15) is 18.4 Å². The maximum Gasteiger partial charge on any atom is 0.0528 e. The first kappa shape index (κ1) is 13.6. The second-order valence-electron chi connectivity index (χ2n) is 4.58. The molecule has 94 valence electrons. The van der Waals surface area contributed by atoms with Gasteiger partial charge in [0.2, 0.25) is 0 Å². The molecule has 0 saturated carbocycles. The number of piperidine rings is 1. The summed E-state index contributed by atoms with van der Waals surface area (Å²) in [5, 5.41) is 9.78. The van der Waals surface area contributed by atoms with Crippen LogP contribution in [0.3, 0.4) is 0 Å². The van der Waals surface area contributed by atoms with Crippen molar-refractivity contribution in [2.45, 2.75) is 23.2 Å². The van der Waals surface area contributed by atoms with Crippen molar-refractivity contribution in [1.82, 2.24) is 3.11 Å². The summed E-state index contributed by atoms with van der Waals surface area (Å²) < 4.78 is 2.31. The van der Waals surface area contributed by atoms with Crippen LogP contribution >= 0.6 is 34.6 Å². The number of aliphatic hydroxyl groups excluding tert-OH is 1. The normalized spacial score (nSPS) is 20.4. The lowest BCUT2D eigenvalue weighted by Gasteiger charge is -2.39. The van der Waals surface area contributed by atoms with E-state index >= 15 is 0 Å². The monoisotopic (exact) mass is 363 g/mol. The number of thioether (sulfide) groups is 1. The number of benzene rings is 1. The molecule has 0 atom stereocenters. The third-order valence-corrected chi connectivity index (χ3v) is 5.38. The Morgan fingerprint density at radius 3 is 2.35 bits per heavy atom. The summed E-state index contributed by atoms with van der Waals surface area (Å²) in [6.45, 7) is 2.38. The van der Waals surface area contributed by atoms with E-state index in [1.165, 1.54) is 10.5 Å². The number of hydrogen-bond acceptors (Lipinski definition) is 3. The molecule has 17 heavy (non-hydrogen) atoms. The molecule has 1 saturated heterocycles. The fourth-order valence-corrected chi connectivity index (χ4v) is 3.28. The highest BCUT2D eigenvalue weighted by atomic mass is 127. The molecule has 1 heterocycles. The molecule has 2 nitrogen and oxygen atoms in total. The zero-order chi connectivity index (χ0) is 12.3. The minimum Gasteiger partial charge on any atom is -0.395 e. The molecule has 1 N–H and O–H groups in total. The molecule has 0 unspecified atom stereocenters. The third kappa shape index (κ3) is 2.97. The van der Waals surface area contributed by atoms with Crippen LogP contribution in [0.4, 0.5) is 0 Å². The van der Waals surface area contributed by atoms with Crippen LogP contribution in [0, 0.1) is 0 Å². The van der Waals surface area contributed by atoms with Crippen LogP contribution in [-0.2, 0) is 5.41 Å². The molecule has 0 radical (unpaired) electrons. The van der Waals surface area contributed by atoms with Crippen LogP contribution in [0.2, 0.25) is 0 Å². The predicted octanol–water partition coefficient (Wildman–Crippen LogP) is 3.08. The number of hydrogen-bond donors (Lipinski definition) is 1. The summed E-state index contributed by atoms with van der Waals surface area (Å²) in [5.41, 5.74) is 1.28. The first-order valence-corrected chi connectivity index (χ1v) is 8.05. The molecular weight excluding hydrogens is 345 g/mol. The Morgan fingerprint density at radius 1 is 1.29 bits per heavy atom. The van der Waals surface area contributed by atoms with Crippen LogP contribution in [0.25, 0.3) is 0 Å². The fourth-order valence-electron chi connectivity index (χ4n) is 2.39. The average Bonchev–Trinajstić information content (AvgIpc) is 2.40. The Balaban J connectivity index is 2.21. The van der Waals surface area contributed by atoms with Gasteiger partial charge in [0, 0.05) is 46.3 Å². The van der Waals surface area contributed by atoms with Crippen LogP contribution in [0.15, 0.2) is 29.2 Å². The minimum absolute atomic E-state index is 0.0153. The van der Waals surface area contributed by atoms with E-state index < -0.39 is 0 Å².